The van der Waals surface area contributed by atoms with E-state index < -0.39 is 5.54 Å². The Bertz CT molecular complexity index is 853. The van der Waals surface area contributed by atoms with Gasteiger partial charge in [0.1, 0.15) is 17.9 Å². The first kappa shape index (κ1) is 17.3. The standard InChI is InChI=1S/C20H19ClN2O2/c1-13-4-6-14(7-5-13)19(24)23-12-18(20(23,2)3)25-16-9-8-15(11-22)17(21)10-16/h4-10,18H,12H2,1-3H3/t18-/m1/s1. The van der Waals surface area contributed by atoms with Gasteiger partial charge in [0, 0.05) is 11.6 Å². The first-order valence-electron chi connectivity index (χ1n) is 8.08. The Morgan fingerprint density at radius 2 is 1.96 bits per heavy atom. The van der Waals surface area contributed by atoms with Gasteiger partial charge in [0.25, 0.3) is 5.91 Å². The molecule has 0 aromatic heterocycles. The molecule has 0 N–H and O–H groups in total. The van der Waals surface area contributed by atoms with E-state index in [4.69, 9.17) is 21.6 Å². The van der Waals surface area contributed by atoms with Crippen LogP contribution < -0.4 is 4.74 Å². The van der Waals surface area contributed by atoms with E-state index in [0.717, 1.165) is 5.56 Å². The molecule has 1 aliphatic rings. The van der Waals surface area contributed by atoms with Crippen LogP contribution in [0.3, 0.4) is 0 Å². The summed E-state index contributed by atoms with van der Waals surface area (Å²) in [5.41, 5.74) is 1.79. The van der Waals surface area contributed by atoms with Crippen LogP contribution in [0, 0.1) is 18.3 Å². The van der Waals surface area contributed by atoms with Crippen molar-refractivity contribution in [2.24, 2.45) is 0 Å². The molecular weight excluding hydrogens is 336 g/mol. The molecule has 0 unspecified atom stereocenters. The van der Waals surface area contributed by atoms with Crippen molar-refractivity contribution in [3.8, 4) is 11.8 Å². The van der Waals surface area contributed by atoms with Crippen molar-refractivity contribution in [3.63, 3.8) is 0 Å². The molecular formula is C20H19ClN2O2. The van der Waals surface area contributed by atoms with Crippen molar-refractivity contribution in [1.82, 2.24) is 4.90 Å². The summed E-state index contributed by atoms with van der Waals surface area (Å²) in [5.74, 6) is 0.604. The average Bonchev–Trinajstić information content (AvgIpc) is 2.58. The van der Waals surface area contributed by atoms with Crippen molar-refractivity contribution in [1.29, 1.82) is 5.26 Å². The van der Waals surface area contributed by atoms with Gasteiger partial charge >= 0.3 is 0 Å². The topological polar surface area (TPSA) is 53.3 Å². The van der Waals surface area contributed by atoms with Gasteiger partial charge in [-0.1, -0.05) is 29.3 Å². The molecule has 3 rings (SSSR count). The largest absolute Gasteiger partial charge is 0.486 e. The molecule has 0 saturated carbocycles. The minimum absolute atomic E-state index is 0.00251. The molecule has 1 fully saturated rings. The second-order valence-corrected chi connectivity index (χ2v) is 7.20. The van der Waals surface area contributed by atoms with Crippen LogP contribution in [0.5, 0.6) is 5.75 Å². The molecule has 25 heavy (non-hydrogen) atoms. The van der Waals surface area contributed by atoms with Gasteiger partial charge in [-0.2, -0.15) is 5.26 Å². The zero-order chi connectivity index (χ0) is 18.2. The number of likely N-dealkylation sites (tertiary alicyclic amines) is 1. The summed E-state index contributed by atoms with van der Waals surface area (Å²) in [6, 6.07) is 14.6. The summed E-state index contributed by atoms with van der Waals surface area (Å²) in [6.45, 7) is 6.47. The van der Waals surface area contributed by atoms with Gasteiger partial charge in [0.15, 0.2) is 0 Å². The first-order chi connectivity index (χ1) is 11.8. The third-order valence-electron chi connectivity index (χ3n) is 4.72. The van der Waals surface area contributed by atoms with Gasteiger partial charge in [0.05, 0.1) is 22.7 Å². The number of hydrogen-bond donors (Lipinski definition) is 0. The van der Waals surface area contributed by atoms with E-state index in [1.165, 1.54) is 0 Å². The normalized spacial score (nSPS) is 18.2. The number of carbonyl (C=O) groups is 1. The van der Waals surface area contributed by atoms with Crippen LogP contribution in [-0.2, 0) is 0 Å². The number of amides is 1. The second-order valence-electron chi connectivity index (χ2n) is 6.80. The van der Waals surface area contributed by atoms with Crippen LogP contribution in [0.4, 0.5) is 0 Å². The Morgan fingerprint density at radius 1 is 1.28 bits per heavy atom. The van der Waals surface area contributed by atoms with E-state index in [0.29, 0.717) is 28.4 Å². The molecule has 0 spiro atoms. The van der Waals surface area contributed by atoms with E-state index in [9.17, 15) is 4.79 Å². The van der Waals surface area contributed by atoms with Crippen LogP contribution in [0.15, 0.2) is 42.5 Å². The fourth-order valence-corrected chi connectivity index (χ4v) is 3.10. The molecule has 0 aliphatic carbocycles. The Hall–Kier alpha value is -2.51. The smallest absolute Gasteiger partial charge is 0.254 e. The van der Waals surface area contributed by atoms with Crippen molar-refractivity contribution >= 4 is 17.5 Å². The van der Waals surface area contributed by atoms with Gasteiger partial charge in [-0.3, -0.25) is 4.79 Å². The highest BCUT2D eigenvalue weighted by Crippen LogP contribution is 2.35. The molecule has 1 amide bonds. The molecule has 4 nitrogen and oxygen atoms in total. The number of rotatable bonds is 3. The van der Waals surface area contributed by atoms with Crippen molar-refractivity contribution in [2.75, 3.05) is 6.54 Å². The van der Waals surface area contributed by atoms with Crippen LogP contribution in [0.2, 0.25) is 5.02 Å². The Labute approximate surface area is 152 Å². The minimum Gasteiger partial charge on any atom is -0.486 e. The molecule has 1 heterocycles. The number of benzene rings is 2. The maximum absolute atomic E-state index is 12.7. The number of carbonyl (C=O) groups excluding carboxylic acids is 1. The SMILES string of the molecule is Cc1ccc(C(=O)N2C[C@@H](Oc3ccc(C#N)c(Cl)c3)C2(C)C)cc1. The molecule has 2 aromatic rings. The number of ether oxygens (including phenoxy) is 1. The third kappa shape index (κ3) is 3.20. The zero-order valence-corrected chi connectivity index (χ0v) is 15.2. The number of nitrogens with zero attached hydrogens (tertiary/aromatic N) is 2. The van der Waals surface area contributed by atoms with Crippen LogP contribution in [0.25, 0.3) is 0 Å². The third-order valence-corrected chi connectivity index (χ3v) is 5.03. The lowest BCUT2D eigenvalue weighted by Crippen LogP contribution is -2.71. The van der Waals surface area contributed by atoms with E-state index in [-0.39, 0.29) is 12.0 Å². The second kappa shape index (κ2) is 6.42. The van der Waals surface area contributed by atoms with Crippen LogP contribution in [-0.4, -0.2) is 29.0 Å². The molecule has 1 atom stereocenters. The predicted molar refractivity (Wildman–Crippen MR) is 96.9 cm³/mol. The number of aryl methyl sites for hydroxylation is 1. The average molecular weight is 355 g/mol. The molecule has 2 aromatic carbocycles. The quantitative estimate of drug-likeness (QED) is 0.830. The predicted octanol–water partition coefficient (Wildman–Crippen LogP) is 4.20. The zero-order valence-electron chi connectivity index (χ0n) is 14.4. The summed E-state index contributed by atoms with van der Waals surface area (Å²) >= 11 is 6.05. The fraction of sp³-hybridized carbons (Fsp3) is 0.300. The summed E-state index contributed by atoms with van der Waals surface area (Å²) in [4.78, 5) is 14.5. The lowest BCUT2D eigenvalue weighted by Gasteiger charge is -2.54. The van der Waals surface area contributed by atoms with Gasteiger partial charge < -0.3 is 9.64 Å². The number of hydrogen-bond acceptors (Lipinski definition) is 3. The fourth-order valence-electron chi connectivity index (χ4n) is 2.89. The molecule has 1 saturated heterocycles. The van der Waals surface area contributed by atoms with E-state index in [1.807, 2.05) is 56.0 Å². The molecule has 0 bridgehead atoms. The Kier molecular flexibility index (Phi) is 4.45. The number of nitriles is 1. The van der Waals surface area contributed by atoms with Gasteiger partial charge in [-0.15, -0.1) is 0 Å². The Balaban J connectivity index is 1.71. The summed E-state index contributed by atoms with van der Waals surface area (Å²) < 4.78 is 5.99. The van der Waals surface area contributed by atoms with E-state index in [1.54, 1.807) is 18.2 Å². The highest BCUT2D eigenvalue weighted by molar-refractivity contribution is 6.31. The van der Waals surface area contributed by atoms with Crippen molar-refractivity contribution in [2.45, 2.75) is 32.4 Å². The highest BCUT2D eigenvalue weighted by atomic mass is 35.5. The highest BCUT2D eigenvalue weighted by Gasteiger charge is 2.50. The van der Waals surface area contributed by atoms with Gasteiger partial charge in [-0.25, -0.2) is 0 Å². The molecule has 1 aliphatic heterocycles. The summed E-state index contributed by atoms with van der Waals surface area (Å²) in [5, 5.41) is 9.30. The van der Waals surface area contributed by atoms with E-state index in [2.05, 4.69) is 0 Å². The van der Waals surface area contributed by atoms with E-state index >= 15 is 0 Å². The molecule has 0 radical (unpaired) electrons. The van der Waals surface area contributed by atoms with Gasteiger partial charge in [-0.05, 0) is 45.0 Å². The minimum atomic E-state index is -0.428. The lowest BCUT2D eigenvalue weighted by molar-refractivity contribution is -0.0788. The maximum atomic E-state index is 12.7. The summed E-state index contributed by atoms with van der Waals surface area (Å²) in [7, 11) is 0. The van der Waals surface area contributed by atoms with Crippen LogP contribution >= 0.6 is 11.6 Å². The van der Waals surface area contributed by atoms with Crippen molar-refractivity contribution in [3.05, 3.63) is 64.2 Å². The molecule has 128 valence electrons. The summed E-state index contributed by atoms with van der Waals surface area (Å²) in [6.07, 6.45) is -0.133. The van der Waals surface area contributed by atoms with Gasteiger partial charge in [0.2, 0.25) is 0 Å². The Morgan fingerprint density at radius 3 is 2.52 bits per heavy atom. The monoisotopic (exact) mass is 354 g/mol. The van der Waals surface area contributed by atoms with Crippen molar-refractivity contribution < 1.29 is 9.53 Å². The number of halogens is 1. The molecule has 5 heteroatoms. The van der Waals surface area contributed by atoms with Crippen LogP contribution in [0.1, 0.15) is 35.3 Å². The lowest BCUT2D eigenvalue weighted by atomic mass is 9.84. The first-order valence-corrected chi connectivity index (χ1v) is 8.45. The maximum Gasteiger partial charge on any atom is 0.254 e.